The molecule has 1 aliphatic rings. The largest absolute Gasteiger partial charge is 0.330 e. The molecule has 3 heterocycles. The first kappa shape index (κ1) is 12.0. The van der Waals surface area contributed by atoms with E-state index in [-0.39, 0.29) is 0 Å². The molecule has 6 heteroatoms. The Balaban J connectivity index is 1.84. The normalized spacial score (nSPS) is 17.2. The van der Waals surface area contributed by atoms with Gasteiger partial charge in [-0.1, -0.05) is 0 Å². The van der Waals surface area contributed by atoms with Crippen LogP contribution >= 0.6 is 11.8 Å². The van der Waals surface area contributed by atoms with Gasteiger partial charge in [0, 0.05) is 25.8 Å². The second kappa shape index (κ2) is 4.87. The molecule has 1 fully saturated rings. The van der Waals surface area contributed by atoms with E-state index >= 15 is 0 Å². The van der Waals surface area contributed by atoms with Gasteiger partial charge in [-0.05, 0) is 30.3 Å². The van der Waals surface area contributed by atoms with Gasteiger partial charge >= 0.3 is 0 Å². The number of nitrogens with zero attached hydrogens (tertiary/aromatic N) is 4. The van der Waals surface area contributed by atoms with Crippen LogP contribution in [0.15, 0.2) is 23.6 Å². The van der Waals surface area contributed by atoms with E-state index in [4.69, 9.17) is 5.73 Å². The molecule has 0 spiro atoms. The summed E-state index contributed by atoms with van der Waals surface area (Å²) in [6.07, 6.45) is 5.66. The summed E-state index contributed by atoms with van der Waals surface area (Å²) in [5.41, 5.74) is 8.09. The highest BCUT2D eigenvalue weighted by Gasteiger charge is 2.26. The van der Waals surface area contributed by atoms with Crippen LogP contribution in [0.5, 0.6) is 0 Å². The Morgan fingerprint density at radius 1 is 1.50 bits per heavy atom. The third-order valence-electron chi connectivity index (χ3n) is 3.46. The second-order valence-electron chi connectivity index (χ2n) is 4.70. The SMILES string of the molecule is CSc1ncnn2ccc(CN3CC(CN)C3)c12. The van der Waals surface area contributed by atoms with E-state index in [1.165, 1.54) is 5.56 Å². The van der Waals surface area contributed by atoms with Crippen molar-refractivity contribution < 1.29 is 0 Å². The first-order valence-corrected chi connectivity index (χ1v) is 7.32. The van der Waals surface area contributed by atoms with Gasteiger partial charge < -0.3 is 5.73 Å². The summed E-state index contributed by atoms with van der Waals surface area (Å²) >= 11 is 1.66. The number of hydrogen-bond acceptors (Lipinski definition) is 5. The van der Waals surface area contributed by atoms with Gasteiger partial charge in [-0.25, -0.2) is 9.50 Å². The zero-order chi connectivity index (χ0) is 12.5. The van der Waals surface area contributed by atoms with Crippen molar-refractivity contribution >= 4 is 17.3 Å². The van der Waals surface area contributed by atoms with E-state index < -0.39 is 0 Å². The van der Waals surface area contributed by atoms with Gasteiger partial charge in [-0.3, -0.25) is 4.90 Å². The van der Waals surface area contributed by atoms with Crippen molar-refractivity contribution in [3.05, 3.63) is 24.2 Å². The standard InChI is InChI=1S/C12H17N5S/c1-18-12-11-10(2-3-17(11)15-8-14-12)7-16-5-9(4-13)6-16/h2-3,8-9H,4-7,13H2,1H3. The number of thioether (sulfide) groups is 1. The van der Waals surface area contributed by atoms with Crippen LogP contribution in [0.4, 0.5) is 0 Å². The molecule has 0 amide bonds. The molecule has 0 aromatic carbocycles. The van der Waals surface area contributed by atoms with E-state index in [2.05, 4.69) is 21.0 Å². The van der Waals surface area contributed by atoms with Crippen LogP contribution in [-0.2, 0) is 6.54 Å². The van der Waals surface area contributed by atoms with E-state index in [1.54, 1.807) is 18.1 Å². The maximum Gasteiger partial charge on any atom is 0.137 e. The van der Waals surface area contributed by atoms with Gasteiger partial charge in [0.05, 0.1) is 0 Å². The maximum absolute atomic E-state index is 5.65. The van der Waals surface area contributed by atoms with Crippen LogP contribution < -0.4 is 5.73 Å². The lowest BCUT2D eigenvalue weighted by molar-refractivity contribution is 0.0984. The lowest BCUT2D eigenvalue weighted by Gasteiger charge is -2.38. The molecule has 96 valence electrons. The Hall–Kier alpha value is -1.11. The van der Waals surface area contributed by atoms with Gasteiger partial charge in [-0.15, -0.1) is 11.8 Å². The number of fused-ring (bicyclic) bond motifs is 1. The van der Waals surface area contributed by atoms with Crippen LogP contribution in [0, 0.1) is 5.92 Å². The summed E-state index contributed by atoms with van der Waals surface area (Å²) in [4.78, 5) is 6.75. The Morgan fingerprint density at radius 2 is 2.33 bits per heavy atom. The lowest BCUT2D eigenvalue weighted by Crippen LogP contribution is -2.49. The Kier molecular flexibility index (Phi) is 3.23. The van der Waals surface area contributed by atoms with Crippen LogP contribution in [-0.4, -0.2) is 45.4 Å². The second-order valence-corrected chi connectivity index (χ2v) is 5.49. The molecule has 0 unspecified atom stereocenters. The van der Waals surface area contributed by atoms with Crippen molar-refractivity contribution in [3.63, 3.8) is 0 Å². The van der Waals surface area contributed by atoms with Crippen molar-refractivity contribution in [2.24, 2.45) is 11.7 Å². The minimum absolute atomic E-state index is 0.676. The predicted octanol–water partition coefficient (Wildman–Crippen LogP) is 0.842. The topological polar surface area (TPSA) is 59.5 Å². The molecule has 0 saturated carbocycles. The number of rotatable bonds is 4. The molecular weight excluding hydrogens is 246 g/mol. The van der Waals surface area contributed by atoms with Gasteiger partial charge in [0.25, 0.3) is 0 Å². The van der Waals surface area contributed by atoms with Gasteiger partial charge in [0.2, 0.25) is 0 Å². The van der Waals surface area contributed by atoms with Crippen LogP contribution in [0.2, 0.25) is 0 Å². The predicted molar refractivity (Wildman–Crippen MR) is 72.6 cm³/mol. The molecule has 3 rings (SSSR count). The van der Waals surface area contributed by atoms with Gasteiger partial charge in [0.15, 0.2) is 0 Å². The first-order chi connectivity index (χ1) is 8.81. The Labute approximate surface area is 110 Å². The van der Waals surface area contributed by atoms with Crippen molar-refractivity contribution in [1.82, 2.24) is 19.5 Å². The summed E-state index contributed by atoms with van der Waals surface area (Å²) in [5.74, 6) is 0.676. The Morgan fingerprint density at radius 3 is 3.06 bits per heavy atom. The zero-order valence-electron chi connectivity index (χ0n) is 10.4. The summed E-state index contributed by atoms with van der Waals surface area (Å²) in [6.45, 7) is 3.98. The zero-order valence-corrected chi connectivity index (χ0v) is 11.2. The van der Waals surface area contributed by atoms with Crippen molar-refractivity contribution in [2.75, 3.05) is 25.9 Å². The minimum Gasteiger partial charge on any atom is -0.330 e. The number of aromatic nitrogens is 3. The third kappa shape index (κ3) is 2.00. The van der Waals surface area contributed by atoms with Crippen molar-refractivity contribution in [1.29, 1.82) is 0 Å². The van der Waals surface area contributed by atoms with E-state index in [1.807, 2.05) is 17.0 Å². The number of hydrogen-bond donors (Lipinski definition) is 1. The average molecular weight is 263 g/mol. The summed E-state index contributed by atoms with van der Waals surface area (Å²) < 4.78 is 1.91. The van der Waals surface area contributed by atoms with E-state index in [0.717, 1.165) is 36.7 Å². The van der Waals surface area contributed by atoms with Crippen LogP contribution in [0.1, 0.15) is 5.56 Å². The van der Waals surface area contributed by atoms with Crippen LogP contribution in [0.25, 0.3) is 5.52 Å². The monoisotopic (exact) mass is 263 g/mol. The number of likely N-dealkylation sites (tertiary alicyclic amines) is 1. The Bertz CT molecular complexity index is 546. The fourth-order valence-corrected chi connectivity index (χ4v) is 3.03. The van der Waals surface area contributed by atoms with Gasteiger partial charge in [0.1, 0.15) is 16.9 Å². The summed E-state index contributed by atoms with van der Waals surface area (Å²) in [6, 6.07) is 2.14. The van der Waals surface area contributed by atoms with E-state index in [0.29, 0.717) is 5.92 Å². The summed E-state index contributed by atoms with van der Waals surface area (Å²) in [5, 5.41) is 5.29. The van der Waals surface area contributed by atoms with Crippen LogP contribution in [0.3, 0.4) is 0 Å². The molecule has 18 heavy (non-hydrogen) atoms. The molecule has 2 N–H and O–H groups in total. The smallest absolute Gasteiger partial charge is 0.137 e. The molecule has 2 aromatic heterocycles. The highest BCUT2D eigenvalue weighted by atomic mass is 32.2. The lowest BCUT2D eigenvalue weighted by atomic mass is 10.00. The first-order valence-electron chi connectivity index (χ1n) is 6.09. The van der Waals surface area contributed by atoms with Gasteiger partial charge in [-0.2, -0.15) is 5.10 Å². The molecule has 2 aromatic rings. The highest BCUT2D eigenvalue weighted by molar-refractivity contribution is 7.98. The molecule has 0 aliphatic carbocycles. The molecule has 0 bridgehead atoms. The molecular formula is C12H17N5S. The fraction of sp³-hybridized carbons (Fsp3) is 0.500. The molecule has 1 aliphatic heterocycles. The molecule has 1 saturated heterocycles. The highest BCUT2D eigenvalue weighted by Crippen LogP contribution is 2.25. The summed E-state index contributed by atoms with van der Waals surface area (Å²) in [7, 11) is 0. The maximum atomic E-state index is 5.65. The average Bonchev–Trinajstić information content (AvgIpc) is 2.76. The molecule has 5 nitrogen and oxygen atoms in total. The van der Waals surface area contributed by atoms with Crippen molar-refractivity contribution in [3.8, 4) is 0 Å². The van der Waals surface area contributed by atoms with E-state index in [9.17, 15) is 0 Å². The quantitative estimate of drug-likeness (QED) is 0.828. The fourth-order valence-electron chi connectivity index (χ4n) is 2.46. The third-order valence-corrected chi connectivity index (χ3v) is 4.14. The van der Waals surface area contributed by atoms with Crippen molar-refractivity contribution in [2.45, 2.75) is 11.6 Å². The minimum atomic E-state index is 0.676. The number of nitrogens with two attached hydrogens (primary N) is 1. The molecule has 0 radical (unpaired) electrons. The molecule has 0 atom stereocenters.